The molecule has 0 aliphatic heterocycles. The molecule has 1 aromatic carbocycles. The maximum atomic E-state index is 12.3. The van der Waals surface area contributed by atoms with Crippen LogP contribution in [0.4, 0.5) is 5.13 Å². The summed E-state index contributed by atoms with van der Waals surface area (Å²) >= 11 is 7.21. The van der Waals surface area contributed by atoms with Crippen molar-refractivity contribution in [2.24, 2.45) is 0 Å². The van der Waals surface area contributed by atoms with Crippen LogP contribution in [0.15, 0.2) is 48.7 Å². The summed E-state index contributed by atoms with van der Waals surface area (Å²) in [5.41, 5.74) is 1.28. The van der Waals surface area contributed by atoms with Gasteiger partial charge < -0.3 is 0 Å². The van der Waals surface area contributed by atoms with Crippen molar-refractivity contribution < 1.29 is 4.79 Å². The lowest BCUT2D eigenvalue weighted by atomic mass is 10.2. The Labute approximate surface area is 136 Å². The Kier molecular flexibility index (Phi) is 4.13. The summed E-state index contributed by atoms with van der Waals surface area (Å²) in [5, 5.41) is 10.1. The molecule has 7 heteroatoms. The number of aromatic nitrogens is 3. The van der Waals surface area contributed by atoms with Crippen LogP contribution in [0.1, 0.15) is 10.5 Å². The molecular formula is C15H11ClN4OS. The minimum absolute atomic E-state index is 0.223. The van der Waals surface area contributed by atoms with E-state index in [0.717, 1.165) is 10.6 Å². The van der Waals surface area contributed by atoms with Crippen molar-refractivity contribution >= 4 is 34.0 Å². The molecule has 0 radical (unpaired) electrons. The summed E-state index contributed by atoms with van der Waals surface area (Å²) in [6, 6.07) is 12.5. The zero-order chi connectivity index (χ0) is 15.5. The van der Waals surface area contributed by atoms with Gasteiger partial charge in [-0.15, -0.1) is 10.2 Å². The number of nitrogens with zero attached hydrogens (tertiary/aromatic N) is 4. The number of carbonyl (C=O) groups is 1. The lowest BCUT2D eigenvalue weighted by Crippen LogP contribution is -2.26. The number of hydrogen-bond donors (Lipinski definition) is 0. The Hall–Kier alpha value is -2.31. The molecule has 0 fully saturated rings. The second kappa shape index (κ2) is 6.21. The minimum Gasteiger partial charge on any atom is -0.284 e. The van der Waals surface area contributed by atoms with E-state index >= 15 is 0 Å². The average molecular weight is 331 g/mol. The highest BCUT2D eigenvalue weighted by Gasteiger charge is 2.18. The number of anilines is 1. The van der Waals surface area contributed by atoms with Crippen molar-refractivity contribution in [1.82, 2.24) is 15.2 Å². The highest BCUT2D eigenvalue weighted by Crippen LogP contribution is 2.29. The highest BCUT2D eigenvalue weighted by atomic mass is 35.5. The monoisotopic (exact) mass is 330 g/mol. The minimum atomic E-state index is -0.223. The number of benzene rings is 1. The van der Waals surface area contributed by atoms with Crippen LogP contribution >= 0.6 is 22.9 Å². The lowest BCUT2D eigenvalue weighted by Gasteiger charge is -2.11. The van der Waals surface area contributed by atoms with Crippen LogP contribution in [0.3, 0.4) is 0 Å². The number of carbonyl (C=O) groups excluding carboxylic acids is 1. The molecule has 2 heterocycles. The fourth-order valence-electron chi connectivity index (χ4n) is 1.81. The predicted octanol–water partition coefficient (Wildman–Crippen LogP) is 3.53. The van der Waals surface area contributed by atoms with Gasteiger partial charge in [0, 0.05) is 23.8 Å². The van der Waals surface area contributed by atoms with Crippen LogP contribution in [0.2, 0.25) is 5.02 Å². The molecule has 0 N–H and O–H groups in total. The number of halogens is 1. The summed E-state index contributed by atoms with van der Waals surface area (Å²) in [6.45, 7) is 0. The van der Waals surface area contributed by atoms with Crippen LogP contribution in [0, 0.1) is 0 Å². The van der Waals surface area contributed by atoms with Gasteiger partial charge in [0.25, 0.3) is 5.91 Å². The van der Waals surface area contributed by atoms with E-state index in [1.165, 1.54) is 16.2 Å². The molecule has 0 saturated carbocycles. The second-order valence-corrected chi connectivity index (χ2v) is 5.87. The van der Waals surface area contributed by atoms with E-state index in [9.17, 15) is 4.79 Å². The summed E-state index contributed by atoms with van der Waals surface area (Å²) in [4.78, 5) is 17.8. The van der Waals surface area contributed by atoms with Gasteiger partial charge in [-0.3, -0.25) is 14.7 Å². The van der Waals surface area contributed by atoms with Gasteiger partial charge in [-0.1, -0.05) is 41.1 Å². The molecule has 2 aromatic heterocycles. The van der Waals surface area contributed by atoms with Crippen LogP contribution in [-0.4, -0.2) is 28.1 Å². The third-order valence-electron chi connectivity index (χ3n) is 2.98. The van der Waals surface area contributed by atoms with Gasteiger partial charge >= 0.3 is 0 Å². The van der Waals surface area contributed by atoms with Crippen LogP contribution in [0.25, 0.3) is 10.6 Å². The zero-order valence-corrected chi connectivity index (χ0v) is 13.2. The van der Waals surface area contributed by atoms with Gasteiger partial charge in [0.2, 0.25) is 5.13 Å². The molecule has 0 saturated heterocycles. The molecule has 22 heavy (non-hydrogen) atoms. The molecule has 1 amide bonds. The van der Waals surface area contributed by atoms with Gasteiger partial charge in [-0.2, -0.15) is 0 Å². The fourth-order valence-corrected chi connectivity index (χ4v) is 2.74. The molecule has 5 nitrogen and oxygen atoms in total. The Balaban J connectivity index is 1.84. The molecule has 0 spiro atoms. The van der Waals surface area contributed by atoms with Gasteiger partial charge in [0.15, 0.2) is 0 Å². The predicted molar refractivity (Wildman–Crippen MR) is 87.3 cm³/mol. The SMILES string of the molecule is CN(C(=O)c1ccccn1)c1nnc(-c2ccc(Cl)cc2)s1. The third-order valence-corrected chi connectivity index (χ3v) is 4.28. The van der Waals surface area contributed by atoms with E-state index < -0.39 is 0 Å². The molecule has 0 aliphatic rings. The normalized spacial score (nSPS) is 10.5. The quantitative estimate of drug-likeness (QED) is 0.737. The number of hydrogen-bond acceptors (Lipinski definition) is 5. The topological polar surface area (TPSA) is 59.0 Å². The highest BCUT2D eigenvalue weighted by molar-refractivity contribution is 7.18. The first-order chi connectivity index (χ1) is 10.6. The third kappa shape index (κ3) is 2.98. The van der Waals surface area contributed by atoms with E-state index in [0.29, 0.717) is 15.8 Å². The number of pyridine rings is 1. The first-order valence-electron chi connectivity index (χ1n) is 6.43. The molecular weight excluding hydrogens is 320 g/mol. The Morgan fingerprint density at radius 3 is 2.59 bits per heavy atom. The van der Waals surface area contributed by atoms with E-state index in [2.05, 4.69) is 15.2 Å². The van der Waals surface area contributed by atoms with E-state index in [1.807, 2.05) is 12.1 Å². The summed E-state index contributed by atoms with van der Waals surface area (Å²) in [6.07, 6.45) is 1.58. The maximum absolute atomic E-state index is 12.3. The summed E-state index contributed by atoms with van der Waals surface area (Å²) < 4.78 is 0. The molecule has 3 rings (SSSR count). The molecule has 0 atom stereocenters. The molecule has 0 bridgehead atoms. The van der Waals surface area contributed by atoms with Crippen molar-refractivity contribution in [3.05, 3.63) is 59.4 Å². The zero-order valence-electron chi connectivity index (χ0n) is 11.6. The van der Waals surface area contributed by atoms with Crippen LogP contribution < -0.4 is 4.90 Å². The lowest BCUT2D eigenvalue weighted by molar-refractivity contribution is 0.0988. The molecule has 3 aromatic rings. The summed E-state index contributed by atoms with van der Waals surface area (Å²) in [5.74, 6) is -0.223. The largest absolute Gasteiger partial charge is 0.284 e. The first kappa shape index (κ1) is 14.6. The van der Waals surface area contributed by atoms with Crippen molar-refractivity contribution in [2.45, 2.75) is 0 Å². The van der Waals surface area contributed by atoms with Gasteiger partial charge in [0.1, 0.15) is 10.7 Å². The van der Waals surface area contributed by atoms with Crippen molar-refractivity contribution in [3.63, 3.8) is 0 Å². The Morgan fingerprint density at radius 2 is 1.91 bits per heavy atom. The van der Waals surface area contributed by atoms with Crippen LogP contribution in [0.5, 0.6) is 0 Å². The van der Waals surface area contributed by atoms with Gasteiger partial charge in [0.05, 0.1) is 0 Å². The molecule has 0 unspecified atom stereocenters. The van der Waals surface area contributed by atoms with E-state index in [4.69, 9.17) is 11.6 Å². The van der Waals surface area contributed by atoms with Crippen LogP contribution in [-0.2, 0) is 0 Å². The number of amides is 1. The number of rotatable bonds is 3. The van der Waals surface area contributed by atoms with Crippen molar-refractivity contribution in [2.75, 3.05) is 11.9 Å². The Bertz CT molecular complexity index is 789. The van der Waals surface area contributed by atoms with E-state index in [1.54, 1.807) is 43.6 Å². The van der Waals surface area contributed by atoms with Crippen molar-refractivity contribution in [3.8, 4) is 10.6 Å². The summed E-state index contributed by atoms with van der Waals surface area (Å²) in [7, 11) is 1.66. The first-order valence-corrected chi connectivity index (χ1v) is 7.63. The smallest absolute Gasteiger partial charge is 0.278 e. The standard InChI is InChI=1S/C15H11ClN4OS/c1-20(14(21)12-4-2-3-9-17-12)15-19-18-13(22-15)10-5-7-11(16)8-6-10/h2-9H,1H3. The second-order valence-electron chi connectivity index (χ2n) is 4.48. The van der Waals surface area contributed by atoms with E-state index in [-0.39, 0.29) is 5.91 Å². The fraction of sp³-hybridized carbons (Fsp3) is 0.0667. The molecule has 110 valence electrons. The van der Waals surface area contributed by atoms with Gasteiger partial charge in [-0.05, 0) is 24.3 Å². The maximum Gasteiger partial charge on any atom is 0.278 e. The molecule has 0 aliphatic carbocycles. The van der Waals surface area contributed by atoms with Gasteiger partial charge in [-0.25, -0.2) is 0 Å². The average Bonchev–Trinajstić information content (AvgIpc) is 3.05. The van der Waals surface area contributed by atoms with Crippen molar-refractivity contribution in [1.29, 1.82) is 0 Å². The Morgan fingerprint density at radius 1 is 1.14 bits per heavy atom.